The van der Waals surface area contributed by atoms with Gasteiger partial charge in [-0.25, -0.2) is 4.79 Å². The van der Waals surface area contributed by atoms with Gasteiger partial charge in [0.1, 0.15) is 5.75 Å². The van der Waals surface area contributed by atoms with Crippen LogP contribution in [0.4, 0.5) is 0 Å². The molecule has 0 aliphatic rings. The molecule has 5 heteroatoms. The Morgan fingerprint density at radius 2 is 2.33 bits per heavy atom. The highest BCUT2D eigenvalue weighted by atomic mass is 35.5. The second-order valence-electron chi connectivity index (χ2n) is 2.76. The molecule has 0 amide bonds. The summed E-state index contributed by atoms with van der Waals surface area (Å²) in [6.07, 6.45) is 0. The number of rotatable bonds is 3. The fraction of sp³-hybridized carbons (Fsp3) is 0.200. The first kappa shape index (κ1) is 11.3. The average Bonchev–Trinajstić information content (AvgIpc) is 2.26. The number of methoxy groups -OCH3 is 1. The van der Waals surface area contributed by atoms with Gasteiger partial charge in [0.2, 0.25) is 0 Å². The Labute approximate surface area is 91.7 Å². The van der Waals surface area contributed by atoms with E-state index in [1.807, 2.05) is 6.07 Å². The van der Waals surface area contributed by atoms with E-state index >= 15 is 0 Å². The summed E-state index contributed by atoms with van der Waals surface area (Å²) < 4.78 is 4.97. The van der Waals surface area contributed by atoms with Crippen molar-refractivity contribution in [1.29, 1.82) is 5.26 Å². The molecule has 1 N–H and O–H groups in total. The van der Waals surface area contributed by atoms with Crippen LogP contribution in [0.1, 0.15) is 21.5 Å². The van der Waals surface area contributed by atoms with Gasteiger partial charge in [0.15, 0.2) is 0 Å². The number of carboxylic acids is 1. The Morgan fingerprint density at radius 3 is 2.73 bits per heavy atom. The zero-order chi connectivity index (χ0) is 11.4. The van der Waals surface area contributed by atoms with Gasteiger partial charge in [0.05, 0.1) is 30.2 Å². The van der Waals surface area contributed by atoms with E-state index in [2.05, 4.69) is 0 Å². The molecule has 0 aliphatic carbocycles. The lowest BCUT2D eigenvalue weighted by Gasteiger charge is -2.09. The van der Waals surface area contributed by atoms with Crippen molar-refractivity contribution in [3.05, 3.63) is 28.8 Å². The minimum Gasteiger partial charge on any atom is -0.496 e. The maximum atomic E-state index is 10.9. The second kappa shape index (κ2) is 4.67. The maximum absolute atomic E-state index is 10.9. The number of alkyl halides is 1. The molecule has 0 spiro atoms. The van der Waals surface area contributed by atoms with Crippen LogP contribution in [0.5, 0.6) is 5.75 Å². The van der Waals surface area contributed by atoms with Crippen LogP contribution < -0.4 is 4.74 Å². The molecular formula is C10H8ClNO3. The molecule has 0 saturated heterocycles. The van der Waals surface area contributed by atoms with Crippen molar-refractivity contribution in [2.24, 2.45) is 0 Å². The highest BCUT2D eigenvalue weighted by Crippen LogP contribution is 2.26. The number of hydrogen-bond acceptors (Lipinski definition) is 3. The van der Waals surface area contributed by atoms with Crippen LogP contribution in [0.15, 0.2) is 12.1 Å². The number of halogens is 1. The third-order valence-electron chi connectivity index (χ3n) is 1.92. The summed E-state index contributed by atoms with van der Waals surface area (Å²) in [5.41, 5.74) is 0.615. The zero-order valence-electron chi connectivity index (χ0n) is 7.95. The molecule has 78 valence electrons. The van der Waals surface area contributed by atoms with Crippen molar-refractivity contribution in [1.82, 2.24) is 0 Å². The molecule has 0 aromatic heterocycles. The molecule has 0 radical (unpaired) electrons. The Bertz CT molecular complexity index is 437. The summed E-state index contributed by atoms with van der Waals surface area (Å²) >= 11 is 5.63. The van der Waals surface area contributed by atoms with Gasteiger partial charge in [-0.15, -0.1) is 11.6 Å². The van der Waals surface area contributed by atoms with E-state index in [0.717, 1.165) is 0 Å². The van der Waals surface area contributed by atoms with Crippen molar-refractivity contribution >= 4 is 17.6 Å². The largest absolute Gasteiger partial charge is 0.496 e. The van der Waals surface area contributed by atoms with Crippen LogP contribution in [0.2, 0.25) is 0 Å². The molecular weight excluding hydrogens is 218 g/mol. The number of nitriles is 1. The number of carbonyl (C=O) groups is 1. The summed E-state index contributed by atoms with van der Waals surface area (Å²) in [7, 11) is 1.40. The Hall–Kier alpha value is -1.73. The third kappa shape index (κ3) is 2.20. The molecule has 1 aromatic carbocycles. The van der Waals surface area contributed by atoms with Crippen LogP contribution in [-0.2, 0) is 5.88 Å². The van der Waals surface area contributed by atoms with Crippen molar-refractivity contribution in [2.45, 2.75) is 5.88 Å². The first-order valence-corrected chi connectivity index (χ1v) is 4.57. The SMILES string of the molecule is COc1cc(C#N)cc(C(=O)O)c1CCl. The molecule has 1 rings (SSSR count). The Morgan fingerprint density at radius 1 is 1.67 bits per heavy atom. The molecule has 0 atom stereocenters. The first-order valence-electron chi connectivity index (χ1n) is 4.04. The smallest absolute Gasteiger partial charge is 0.336 e. The summed E-state index contributed by atoms with van der Waals surface area (Å²) in [5.74, 6) is -0.779. The monoisotopic (exact) mass is 225 g/mol. The van der Waals surface area contributed by atoms with Gasteiger partial charge in [-0.1, -0.05) is 0 Å². The van der Waals surface area contributed by atoms with Gasteiger partial charge >= 0.3 is 5.97 Å². The highest BCUT2D eigenvalue weighted by Gasteiger charge is 2.15. The van der Waals surface area contributed by atoms with E-state index in [-0.39, 0.29) is 17.0 Å². The van der Waals surface area contributed by atoms with Crippen molar-refractivity contribution in [3.63, 3.8) is 0 Å². The highest BCUT2D eigenvalue weighted by molar-refractivity contribution is 6.18. The van der Waals surface area contributed by atoms with E-state index in [1.165, 1.54) is 19.2 Å². The molecule has 0 fully saturated rings. The summed E-state index contributed by atoms with van der Waals surface area (Å²) in [5, 5.41) is 17.6. The quantitative estimate of drug-likeness (QED) is 0.799. The summed E-state index contributed by atoms with van der Waals surface area (Å²) in [6, 6.07) is 4.60. The molecule has 15 heavy (non-hydrogen) atoms. The normalized spacial score (nSPS) is 9.40. The predicted molar refractivity (Wildman–Crippen MR) is 54.2 cm³/mol. The van der Waals surface area contributed by atoms with E-state index < -0.39 is 5.97 Å². The van der Waals surface area contributed by atoms with E-state index in [1.54, 1.807) is 0 Å². The van der Waals surface area contributed by atoms with Crippen LogP contribution >= 0.6 is 11.6 Å². The van der Waals surface area contributed by atoms with Gasteiger partial charge in [0.25, 0.3) is 0 Å². The van der Waals surface area contributed by atoms with Crippen molar-refractivity contribution in [3.8, 4) is 11.8 Å². The number of aromatic carboxylic acids is 1. The van der Waals surface area contributed by atoms with Crippen LogP contribution in [0.25, 0.3) is 0 Å². The number of nitrogens with zero attached hydrogens (tertiary/aromatic N) is 1. The average molecular weight is 226 g/mol. The number of benzene rings is 1. The van der Waals surface area contributed by atoms with Gasteiger partial charge < -0.3 is 9.84 Å². The topological polar surface area (TPSA) is 70.3 Å². The first-order chi connectivity index (χ1) is 7.13. The van der Waals surface area contributed by atoms with Crippen LogP contribution in [-0.4, -0.2) is 18.2 Å². The summed E-state index contributed by atoms with van der Waals surface area (Å²) in [6.45, 7) is 0. The van der Waals surface area contributed by atoms with Gasteiger partial charge in [-0.05, 0) is 12.1 Å². The number of hydrogen-bond donors (Lipinski definition) is 1. The maximum Gasteiger partial charge on any atom is 0.336 e. The molecule has 0 heterocycles. The lowest BCUT2D eigenvalue weighted by Crippen LogP contribution is -2.04. The van der Waals surface area contributed by atoms with Crippen molar-refractivity contribution in [2.75, 3.05) is 7.11 Å². The predicted octanol–water partition coefficient (Wildman–Crippen LogP) is 2.00. The van der Waals surface area contributed by atoms with E-state index in [4.69, 9.17) is 26.7 Å². The molecule has 0 saturated carbocycles. The van der Waals surface area contributed by atoms with E-state index in [9.17, 15) is 4.79 Å². The lowest BCUT2D eigenvalue weighted by atomic mass is 10.0. The van der Waals surface area contributed by atoms with Crippen molar-refractivity contribution < 1.29 is 14.6 Å². The third-order valence-corrected chi connectivity index (χ3v) is 2.19. The lowest BCUT2D eigenvalue weighted by molar-refractivity contribution is 0.0695. The van der Waals surface area contributed by atoms with Crippen LogP contribution in [0.3, 0.4) is 0 Å². The minimum atomic E-state index is -1.12. The van der Waals surface area contributed by atoms with Gasteiger partial charge in [-0.2, -0.15) is 5.26 Å². The van der Waals surface area contributed by atoms with Crippen LogP contribution in [0, 0.1) is 11.3 Å². The Balaban J connectivity index is 3.47. The second-order valence-corrected chi connectivity index (χ2v) is 3.02. The standard InChI is InChI=1S/C10H8ClNO3/c1-15-9-3-6(5-12)2-7(10(13)14)8(9)4-11/h2-3H,4H2,1H3,(H,13,14). The molecule has 1 aromatic rings. The zero-order valence-corrected chi connectivity index (χ0v) is 8.71. The Kier molecular flexibility index (Phi) is 3.53. The molecule has 4 nitrogen and oxygen atoms in total. The minimum absolute atomic E-state index is 0.000833. The fourth-order valence-corrected chi connectivity index (χ4v) is 1.50. The number of ether oxygens (including phenoxy) is 1. The number of carboxylic acid groups (broad SMARTS) is 1. The molecule has 0 unspecified atom stereocenters. The molecule has 0 bridgehead atoms. The van der Waals surface area contributed by atoms with Gasteiger partial charge in [-0.3, -0.25) is 0 Å². The molecule has 0 aliphatic heterocycles. The fourth-order valence-electron chi connectivity index (χ4n) is 1.22. The van der Waals surface area contributed by atoms with E-state index in [0.29, 0.717) is 11.3 Å². The summed E-state index contributed by atoms with van der Waals surface area (Å²) in [4.78, 5) is 10.9. The van der Waals surface area contributed by atoms with Gasteiger partial charge in [0, 0.05) is 5.56 Å².